The summed E-state index contributed by atoms with van der Waals surface area (Å²) in [5.41, 5.74) is 0.897. The van der Waals surface area contributed by atoms with Crippen molar-refractivity contribution in [2.45, 2.75) is 64.1 Å². The molecule has 1 saturated carbocycles. The zero-order valence-electron chi connectivity index (χ0n) is 16.6. The molecule has 1 aliphatic carbocycles. The smallest absolute Gasteiger partial charge is 0.343 e. The molecule has 0 spiro atoms. The van der Waals surface area contributed by atoms with Crippen molar-refractivity contribution in [3.63, 3.8) is 0 Å². The molecular formula is C22H28F3N3O. The maximum absolute atomic E-state index is 13.5. The number of fused-ring (bicyclic) bond motifs is 1. The van der Waals surface area contributed by atoms with Crippen LogP contribution in [-0.4, -0.2) is 33.4 Å². The lowest BCUT2D eigenvalue weighted by Crippen LogP contribution is -2.39. The second-order valence-electron chi connectivity index (χ2n) is 8.55. The van der Waals surface area contributed by atoms with Crippen molar-refractivity contribution in [1.82, 2.24) is 14.5 Å². The monoisotopic (exact) mass is 407 g/mol. The van der Waals surface area contributed by atoms with Gasteiger partial charge < -0.3 is 9.47 Å². The van der Waals surface area contributed by atoms with E-state index in [-0.39, 0.29) is 11.8 Å². The largest absolute Gasteiger partial charge is 0.449 e. The molecule has 2 aromatic rings. The van der Waals surface area contributed by atoms with Crippen LogP contribution in [0.4, 0.5) is 13.2 Å². The Balaban J connectivity index is 1.37. The predicted octanol–water partition coefficient (Wildman–Crippen LogP) is 5.26. The van der Waals surface area contributed by atoms with Gasteiger partial charge in [0.25, 0.3) is 0 Å². The molecule has 1 aromatic carbocycles. The van der Waals surface area contributed by atoms with E-state index in [2.05, 4.69) is 4.98 Å². The maximum atomic E-state index is 13.5. The zero-order chi connectivity index (χ0) is 20.4. The summed E-state index contributed by atoms with van der Waals surface area (Å²) in [7, 11) is 0. The number of alkyl halides is 3. The summed E-state index contributed by atoms with van der Waals surface area (Å²) in [4.78, 5) is 18.2. The molecule has 4 nitrogen and oxygen atoms in total. The number of hydrogen-bond donors (Lipinski definition) is 0. The van der Waals surface area contributed by atoms with Crippen molar-refractivity contribution in [2.75, 3.05) is 13.1 Å². The number of likely N-dealkylation sites (tertiary alicyclic amines) is 1. The Morgan fingerprint density at radius 1 is 1.03 bits per heavy atom. The van der Waals surface area contributed by atoms with Crippen molar-refractivity contribution in [1.29, 1.82) is 0 Å². The highest BCUT2D eigenvalue weighted by atomic mass is 19.4. The van der Waals surface area contributed by atoms with Gasteiger partial charge >= 0.3 is 6.18 Å². The first kappa shape index (κ1) is 20.2. The highest BCUT2D eigenvalue weighted by Gasteiger charge is 2.38. The van der Waals surface area contributed by atoms with E-state index in [0.717, 1.165) is 19.3 Å². The fraction of sp³-hybridized carbons (Fsp3) is 0.636. The minimum Gasteiger partial charge on any atom is -0.343 e. The minimum absolute atomic E-state index is 0.118. The van der Waals surface area contributed by atoms with Gasteiger partial charge in [0.1, 0.15) is 0 Å². The van der Waals surface area contributed by atoms with E-state index in [1.165, 1.54) is 30.3 Å². The lowest BCUT2D eigenvalue weighted by molar-refractivity contribution is -0.147. The maximum Gasteiger partial charge on any atom is 0.449 e. The Bertz CT molecular complexity index is 847. The summed E-state index contributed by atoms with van der Waals surface area (Å²) >= 11 is 0. The Morgan fingerprint density at radius 3 is 2.41 bits per heavy atom. The number of rotatable bonds is 5. The normalized spacial score (nSPS) is 19.3. The third-order valence-corrected chi connectivity index (χ3v) is 6.56. The molecule has 0 unspecified atom stereocenters. The molecule has 0 atom stereocenters. The number of nitrogens with zero attached hydrogens (tertiary/aromatic N) is 3. The number of piperidine rings is 1. The van der Waals surface area contributed by atoms with Gasteiger partial charge in [-0.05, 0) is 43.2 Å². The number of halogens is 3. The van der Waals surface area contributed by atoms with Crippen molar-refractivity contribution >= 4 is 16.9 Å². The molecule has 1 aromatic heterocycles. The number of para-hydroxylation sites is 2. The molecule has 1 aliphatic heterocycles. The number of amides is 1. The predicted molar refractivity (Wildman–Crippen MR) is 105 cm³/mol. The fourth-order valence-electron chi connectivity index (χ4n) is 4.88. The number of aromatic nitrogens is 2. The van der Waals surface area contributed by atoms with E-state index in [1.807, 2.05) is 4.90 Å². The molecule has 1 amide bonds. The molecule has 2 fully saturated rings. The number of benzene rings is 1. The van der Waals surface area contributed by atoms with Crippen molar-refractivity contribution in [2.24, 2.45) is 11.8 Å². The minimum atomic E-state index is -4.48. The molecule has 0 radical (unpaired) electrons. The van der Waals surface area contributed by atoms with Crippen LogP contribution in [0, 0.1) is 11.8 Å². The van der Waals surface area contributed by atoms with E-state index in [4.69, 9.17) is 0 Å². The van der Waals surface area contributed by atoms with Gasteiger partial charge in [-0.3, -0.25) is 4.79 Å². The first-order valence-electron chi connectivity index (χ1n) is 10.7. The Morgan fingerprint density at radius 2 is 1.72 bits per heavy atom. The average molecular weight is 407 g/mol. The zero-order valence-corrected chi connectivity index (χ0v) is 16.6. The number of hydrogen-bond acceptors (Lipinski definition) is 2. The molecule has 0 N–H and O–H groups in total. The van der Waals surface area contributed by atoms with Crippen molar-refractivity contribution in [3.05, 3.63) is 30.1 Å². The first-order chi connectivity index (χ1) is 13.9. The topological polar surface area (TPSA) is 38.1 Å². The van der Waals surface area contributed by atoms with E-state index in [1.54, 1.807) is 24.3 Å². The van der Waals surface area contributed by atoms with Crippen LogP contribution < -0.4 is 0 Å². The van der Waals surface area contributed by atoms with Crippen LogP contribution in [0.3, 0.4) is 0 Å². The van der Waals surface area contributed by atoms with E-state index in [9.17, 15) is 18.0 Å². The third kappa shape index (κ3) is 4.59. The van der Waals surface area contributed by atoms with Crippen LogP contribution in [0.25, 0.3) is 11.0 Å². The van der Waals surface area contributed by atoms with Crippen LogP contribution >= 0.6 is 0 Å². The Labute approximate surface area is 169 Å². The molecule has 29 heavy (non-hydrogen) atoms. The summed E-state index contributed by atoms with van der Waals surface area (Å²) in [6.07, 6.45) is 3.65. The Hall–Kier alpha value is -2.05. The highest BCUT2D eigenvalue weighted by Crippen LogP contribution is 2.33. The van der Waals surface area contributed by atoms with Crippen LogP contribution in [0.15, 0.2) is 24.3 Å². The van der Waals surface area contributed by atoms with Gasteiger partial charge in [0.2, 0.25) is 11.7 Å². The third-order valence-electron chi connectivity index (χ3n) is 6.56. The first-order valence-corrected chi connectivity index (χ1v) is 10.7. The summed E-state index contributed by atoms with van der Waals surface area (Å²) in [5.74, 6) is 0.201. The molecule has 7 heteroatoms. The van der Waals surface area contributed by atoms with E-state index < -0.39 is 12.0 Å². The number of carbonyl (C=O) groups excluding carboxylic acids is 1. The van der Waals surface area contributed by atoms with Crippen LogP contribution in [-0.2, 0) is 17.5 Å². The van der Waals surface area contributed by atoms with Gasteiger partial charge in [-0.2, -0.15) is 13.2 Å². The second kappa shape index (κ2) is 8.36. The van der Waals surface area contributed by atoms with Gasteiger partial charge in [-0.1, -0.05) is 37.8 Å². The standard InChI is InChI=1S/C22H28F3N3O/c23-22(24,25)21-26-18-7-3-4-8-19(18)28(21)15-17-11-13-27(14-12-17)20(29)10-9-16-5-1-2-6-16/h3-4,7-8,16-17H,1-2,5-6,9-15H2. The van der Waals surface area contributed by atoms with E-state index in [0.29, 0.717) is 43.0 Å². The van der Waals surface area contributed by atoms with Crippen molar-refractivity contribution < 1.29 is 18.0 Å². The average Bonchev–Trinajstić information content (AvgIpc) is 3.35. The van der Waals surface area contributed by atoms with Crippen LogP contribution in [0.5, 0.6) is 0 Å². The van der Waals surface area contributed by atoms with Crippen LogP contribution in [0.1, 0.15) is 57.2 Å². The van der Waals surface area contributed by atoms with E-state index >= 15 is 0 Å². The number of imidazole rings is 1. The molecule has 4 rings (SSSR count). The summed E-state index contributed by atoms with van der Waals surface area (Å²) < 4.78 is 41.8. The molecule has 158 valence electrons. The number of carbonyl (C=O) groups is 1. The molecule has 1 saturated heterocycles. The molecule has 2 aliphatic rings. The fourth-order valence-corrected chi connectivity index (χ4v) is 4.88. The van der Waals surface area contributed by atoms with Crippen molar-refractivity contribution in [3.8, 4) is 0 Å². The molecule has 0 bridgehead atoms. The lowest BCUT2D eigenvalue weighted by atomic mass is 9.95. The van der Waals surface area contributed by atoms with Crippen LogP contribution in [0.2, 0.25) is 0 Å². The van der Waals surface area contributed by atoms with Gasteiger partial charge in [0.05, 0.1) is 11.0 Å². The SMILES string of the molecule is O=C(CCC1CCCC1)N1CCC(Cn2c(C(F)(F)F)nc3ccccc32)CC1. The van der Waals surface area contributed by atoms with Gasteiger partial charge in [-0.25, -0.2) is 4.98 Å². The summed E-state index contributed by atoms with van der Waals surface area (Å²) in [6, 6.07) is 6.76. The van der Waals surface area contributed by atoms with Gasteiger partial charge in [-0.15, -0.1) is 0 Å². The van der Waals surface area contributed by atoms with Gasteiger partial charge in [0, 0.05) is 26.1 Å². The highest BCUT2D eigenvalue weighted by molar-refractivity contribution is 5.76. The van der Waals surface area contributed by atoms with Gasteiger partial charge in [0.15, 0.2) is 0 Å². The second-order valence-corrected chi connectivity index (χ2v) is 8.55. The molecular weight excluding hydrogens is 379 g/mol. The summed E-state index contributed by atoms with van der Waals surface area (Å²) in [5, 5.41) is 0. The summed E-state index contributed by atoms with van der Waals surface area (Å²) in [6.45, 7) is 1.57. The molecule has 2 heterocycles. The Kier molecular flexibility index (Phi) is 5.83. The lowest BCUT2D eigenvalue weighted by Gasteiger charge is -2.33. The quantitative estimate of drug-likeness (QED) is 0.678.